The molecular weight excluding hydrogens is 238 g/mol. The maximum atomic E-state index is 11.0. The molecule has 1 amide bonds. The van der Waals surface area contributed by atoms with Crippen LogP contribution in [0, 0.1) is 0 Å². The number of nitrogens with one attached hydrogen (secondary N) is 1. The fraction of sp³-hybridized carbons (Fsp3) is 0.875. The summed E-state index contributed by atoms with van der Waals surface area (Å²) in [5.74, 6) is -0.625. The zero-order chi connectivity index (χ0) is 12.3. The molecule has 7 nitrogen and oxygen atoms in total. The van der Waals surface area contributed by atoms with Crippen molar-refractivity contribution >= 4 is 18.5 Å². The Morgan fingerprint density at radius 2 is 1.94 bits per heavy atom. The molecule has 1 aliphatic heterocycles. The number of rotatable bonds is 3. The maximum absolute atomic E-state index is 11.0. The van der Waals surface area contributed by atoms with E-state index in [0.717, 1.165) is 0 Å². The van der Waals surface area contributed by atoms with Crippen LogP contribution in [0.3, 0.4) is 0 Å². The predicted molar refractivity (Wildman–Crippen MR) is 55.8 cm³/mol. The van der Waals surface area contributed by atoms with Crippen LogP contribution in [0.25, 0.3) is 0 Å². The van der Waals surface area contributed by atoms with E-state index in [1.807, 2.05) is 0 Å². The summed E-state index contributed by atoms with van der Waals surface area (Å²) in [6, 6.07) is -1.14. The minimum absolute atomic E-state index is 0.116. The fourth-order valence-corrected chi connectivity index (χ4v) is 1.58. The molecule has 0 saturated carbocycles. The van der Waals surface area contributed by atoms with Gasteiger partial charge in [0.1, 0.15) is 24.4 Å². The van der Waals surface area contributed by atoms with Gasteiger partial charge in [-0.3, -0.25) is 4.79 Å². The highest BCUT2D eigenvalue weighted by molar-refractivity contribution is 7.81. The van der Waals surface area contributed by atoms with Crippen LogP contribution in [0.5, 0.6) is 0 Å². The molecule has 1 rings (SSSR count). The van der Waals surface area contributed by atoms with Crippen LogP contribution in [-0.2, 0) is 9.53 Å². The van der Waals surface area contributed by atoms with E-state index in [1.165, 1.54) is 0 Å². The summed E-state index contributed by atoms with van der Waals surface area (Å²) in [7, 11) is 0. The molecule has 1 heterocycles. The molecule has 94 valence electrons. The molecular formula is C8H15NO6S. The molecule has 0 aromatic rings. The molecule has 0 aromatic carbocycles. The molecule has 5 atom stereocenters. The van der Waals surface area contributed by atoms with Gasteiger partial charge in [0.25, 0.3) is 0 Å². The molecule has 0 aromatic heterocycles. The Kier molecular flexibility index (Phi) is 4.96. The molecule has 1 fully saturated rings. The van der Waals surface area contributed by atoms with Gasteiger partial charge in [-0.1, -0.05) is 0 Å². The molecule has 0 spiro atoms. The van der Waals surface area contributed by atoms with E-state index >= 15 is 0 Å². The van der Waals surface area contributed by atoms with E-state index in [2.05, 4.69) is 17.9 Å². The summed E-state index contributed by atoms with van der Waals surface area (Å²) < 4.78 is 4.83. The van der Waals surface area contributed by atoms with Gasteiger partial charge in [-0.25, -0.2) is 0 Å². The summed E-state index contributed by atoms with van der Waals surface area (Å²) in [6.45, 7) is -0.539. The first-order valence-corrected chi connectivity index (χ1v) is 5.35. The summed E-state index contributed by atoms with van der Waals surface area (Å²) in [5, 5.41) is 39.6. The van der Waals surface area contributed by atoms with Gasteiger partial charge in [0.15, 0.2) is 6.29 Å². The zero-order valence-corrected chi connectivity index (χ0v) is 9.25. The van der Waals surface area contributed by atoms with Crippen molar-refractivity contribution < 1.29 is 30.0 Å². The Balaban J connectivity index is 2.67. The lowest BCUT2D eigenvalue weighted by Gasteiger charge is -2.40. The molecule has 1 saturated heterocycles. The van der Waals surface area contributed by atoms with Gasteiger partial charge in [0, 0.05) is 0 Å². The lowest BCUT2D eigenvalue weighted by molar-refractivity contribution is -0.253. The van der Waals surface area contributed by atoms with E-state index in [0.29, 0.717) is 0 Å². The second-order valence-corrected chi connectivity index (χ2v) is 3.80. The first-order chi connectivity index (χ1) is 7.51. The number of aliphatic hydroxyl groups is 4. The molecule has 8 heteroatoms. The number of hydrogen-bond acceptors (Lipinski definition) is 7. The topological polar surface area (TPSA) is 119 Å². The van der Waals surface area contributed by atoms with Gasteiger partial charge in [0.05, 0.1) is 12.4 Å². The summed E-state index contributed by atoms with van der Waals surface area (Å²) in [5.41, 5.74) is 0. The van der Waals surface area contributed by atoms with Crippen LogP contribution < -0.4 is 5.32 Å². The van der Waals surface area contributed by atoms with E-state index < -0.39 is 43.2 Å². The number of carbonyl (C=O) groups is 1. The first-order valence-electron chi connectivity index (χ1n) is 4.72. The molecule has 0 radical (unpaired) electrons. The van der Waals surface area contributed by atoms with Crippen molar-refractivity contribution in [3.63, 3.8) is 0 Å². The van der Waals surface area contributed by atoms with Crippen molar-refractivity contribution in [2.24, 2.45) is 0 Å². The van der Waals surface area contributed by atoms with Gasteiger partial charge in [-0.2, -0.15) is 12.6 Å². The fourth-order valence-electron chi connectivity index (χ4n) is 1.48. The number of thiol groups is 1. The highest BCUT2D eigenvalue weighted by atomic mass is 32.1. The van der Waals surface area contributed by atoms with Crippen molar-refractivity contribution in [3.8, 4) is 0 Å². The number of hydrogen-bond donors (Lipinski definition) is 6. The van der Waals surface area contributed by atoms with Gasteiger partial charge in [0.2, 0.25) is 5.91 Å². The number of aliphatic hydroxyl groups excluding tert-OH is 4. The van der Waals surface area contributed by atoms with Gasteiger partial charge >= 0.3 is 0 Å². The standard InChI is InChI=1S/C8H15NO6S/c10-1-3-6(12)7(13)5(8(14)15-3)9-4(11)2-16/h3,5-8,10,12-14,16H,1-2H2,(H,9,11)/t3?,5-,6-,7-,8+/m1/s1. The average Bonchev–Trinajstić information content (AvgIpc) is 2.28. The second-order valence-electron chi connectivity index (χ2n) is 3.48. The van der Waals surface area contributed by atoms with Gasteiger partial charge in [-0.15, -0.1) is 0 Å². The number of ether oxygens (including phenoxy) is 1. The molecule has 16 heavy (non-hydrogen) atoms. The Labute approximate surface area is 97.4 Å². The van der Waals surface area contributed by atoms with E-state index in [9.17, 15) is 20.1 Å². The predicted octanol–water partition coefficient (Wildman–Crippen LogP) is -3.17. The number of amides is 1. The lowest BCUT2D eigenvalue weighted by Crippen LogP contribution is -2.64. The summed E-state index contributed by atoms with van der Waals surface area (Å²) in [4.78, 5) is 11.0. The Morgan fingerprint density at radius 3 is 2.44 bits per heavy atom. The second kappa shape index (κ2) is 5.80. The van der Waals surface area contributed by atoms with Crippen LogP contribution in [0.4, 0.5) is 0 Å². The van der Waals surface area contributed by atoms with Crippen molar-refractivity contribution in [3.05, 3.63) is 0 Å². The summed E-state index contributed by atoms with van der Waals surface area (Å²) >= 11 is 3.71. The highest BCUT2D eigenvalue weighted by Gasteiger charge is 2.44. The minimum Gasteiger partial charge on any atom is -0.394 e. The maximum Gasteiger partial charge on any atom is 0.230 e. The van der Waals surface area contributed by atoms with E-state index in [1.54, 1.807) is 0 Å². The van der Waals surface area contributed by atoms with Crippen molar-refractivity contribution in [1.29, 1.82) is 0 Å². The van der Waals surface area contributed by atoms with Crippen LogP contribution in [0.15, 0.2) is 0 Å². The van der Waals surface area contributed by atoms with Crippen LogP contribution in [0.1, 0.15) is 0 Å². The lowest BCUT2D eigenvalue weighted by atomic mass is 9.97. The van der Waals surface area contributed by atoms with Crippen LogP contribution in [0.2, 0.25) is 0 Å². The van der Waals surface area contributed by atoms with Crippen LogP contribution >= 0.6 is 12.6 Å². The van der Waals surface area contributed by atoms with Crippen LogP contribution in [-0.4, -0.2) is 69.3 Å². The molecule has 0 bridgehead atoms. The Hall–Kier alpha value is -0.380. The average molecular weight is 253 g/mol. The highest BCUT2D eigenvalue weighted by Crippen LogP contribution is 2.19. The zero-order valence-electron chi connectivity index (χ0n) is 8.35. The van der Waals surface area contributed by atoms with Gasteiger partial charge < -0.3 is 30.5 Å². The molecule has 5 N–H and O–H groups in total. The third-order valence-electron chi connectivity index (χ3n) is 2.37. The van der Waals surface area contributed by atoms with Crippen molar-refractivity contribution in [1.82, 2.24) is 5.32 Å². The summed E-state index contributed by atoms with van der Waals surface area (Å²) in [6.07, 6.45) is -5.35. The third-order valence-corrected chi connectivity index (χ3v) is 2.66. The van der Waals surface area contributed by atoms with E-state index in [-0.39, 0.29) is 5.75 Å². The molecule has 0 aliphatic carbocycles. The first kappa shape index (κ1) is 13.7. The SMILES string of the molecule is O=C(CS)N[C@@H]1[C@@H](O)[C@H](O)C(CO)O[C@@H]1O. The molecule has 1 unspecified atom stereocenters. The smallest absolute Gasteiger partial charge is 0.230 e. The monoisotopic (exact) mass is 253 g/mol. The van der Waals surface area contributed by atoms with Crippen molar-refractivity contribution in [2.45, 2.75) is 30.6 Å². The van der Waals surface area contributed by atoms with Gasteiger partial charge in [-0.05, 0) is 0 Å². The van der Waals surface area contributed by atoms with Crippen molar-refractivity contribution in [2.75, 3.05) is 12.4 Å². The normalized spacial score (nSPS) is 39.4. The Morgan fingerprint density at radius 1 is 1.31 bits per heavy atom. The quantitative estimate of drug-likeness (QED) is 0.295. The molecule has 1 aliphatic rings. The van der Waals surface area contributed by atoms with E-state index in [4.69, 9.17) is 9.84 Å². The number of carbonyl (C=O) groups excluding carboxylic acids is 1. The largest absolute Gasteiger partial charge is 0.394 e. The Bertz CT molecular complexity index is 253. The third kappa shape index (κ3) is 2.84. The minimum atomic E-state index is -1.49.